The number of methoxy groups -OCH3 is 1. The van der Waals surface area contributed by atoms with Gasteiger partial charge in [0.25, 0.3) is 0 Å². The van der Waals surface area contributed by atoms with Gasteiger partial charge in [0.05, 0.1) is 29.7 Å². The summed E-state index contributed by atoms with van der Waals surface area (Å²) in [5.41, 5.74) is 0. The number of carbonyl (C=O) groups is 1. The molecule has 0 bridgehead atoms. The quantitative estimate of drug-likeness (QED) is 0.563. The molecule has 0 spiro atoms. The maximum absolute atomic E-state index is 11.2. The molecule has 1 unspecified atom stereocenters. The largest absolute Gasteiger partial charge is 0.490 e. The van der Waals surface area contributed by atoms with Gasteiger partial charge in [-0.3, -0.25) is 4.79 Å². The fourth-order valence-electron chi connectivity index (χ4n) is 1.35. The molecule has 19 heavy (non-hydrogen) atoms. The number of ether oxygens (including phenoxy) is 2. The molecule has 1 rings (SSSR count). The van der Waals surface area contributed by atoms with Gasteiger partial charge in [0.15, 0.2) is 5.75 Å². The predicted octanol–water partition coefficient (Wildman–Crippen LogP) is 3.91. The van der Waals surface area contributed by atoms with E-state index in [9.17, 15) is 4.79 Å². The van der Waals surface area contributed by atoms with Crippen molar-refractivity contribution in [1.29, 1.82) is 0 Å². The van der Waals surface area contributed by atoms with Crippen molar-refractivity contribution in [3.05, 3.63) is 28.2 Å². The third-order valence-corrected chi connectivity index (χ3v) is 4.15. The van der Waals surface area contributed by atoms with Crippen LogP contribution in [0, 0.1) is 5.92 Å². The zero-order chi connectivity index (χ0) is 14.3. The second kappa shape index (κ2) is 8.56. The number of hydrogen-bond donors (Lipinski definition) is 0. The van der Waals surface area contributed by atoms with Crippen LogP contribution < -0.4 is 4.74 Å². The predicted molar refractivity (Wildman–Crippen MR) is 80.5 cm³/mol. The first-order chi connectivity index (χ1) is 9.06. The maximum atomic E-state index is 11.2. The van der Waals surface area contributed by atoms with Gasteiger partial charge in [0, 0.05) is 11.5 Å². The van der Waals surface area contributed by atoms with Crippen molar-refractivity contribution in [2.45, 2.75) is 6.92 Å². The van der Waals surface area contributed by atoms with Gasteiger partial charge in [-0.05, 0) is 12.1 Å². The normalized spacial score (nSPS) is 12.0. The van der Waals surface area contributed by atoms with E-state index in [0.717, 1.165) is 5.75 Å². The molecule has 0 aliphatic rings. The summed E-state index contributed by atoms with van der Waals surface area (Å²) in [6.45, 7) is 2.33. The molecule has 1 aromatic rings. The van der Waals surface area contributed by atoms with Crippen molar-refractivity contribution in [2.24, 2.45) is 5.92 Å². The molecule has 0 aromatic heterocycles. The maximum Gasteiger partial charge on any atom is 0.309 e. The smallest absolute Gasteiger partial charge is 0.309 e. The minimum Gasteiger partial charge on any atom is -0.490 e. The van der Waals surface area contributed by atoms with E-state index >= 15 is 0 Å². The highest BCUT2D eigenvalue weighted by Crippen LogP contribution is 2.32. The molecule has 0 amide bonds. The van der Waals surface area contributed by atoms with E-state index < -0.39 is 0 Å². The molecule has 1 aromatic carbocycles. The lowest BCUT2D eigenvalue weighted by Crippen LogP contribution is -2.15. The zero-order valence-electron chi connectivity index (χ0n) is 10.8. The summed E-state index contributed by atoms with van der Waals surface area (Å²) in [5, 5.41) is 1.00. The van der Waals surface area contributed by atoms with Crippen LogP contribution in [0.25, 0.3) is 0 Å². The van der Waals surface area contributed by atoms with E-state index in [2.05, 4.69) is 4.74 Å². The lowest BCUT2D eigenvalue weighted by Gasteiger charge is -2.11. The lowest BCUT2D eigenvalue weighted by atomic mass is 10.2. The molecular weight excluding hydrogens is 307 g/mol. The van der Waals surface area contributed by atoms with Crippen LogP contribution in [0.2, 0.25) is 10.0 Å². The van der Waals surface area contributed by atoms with Crippen LogP contribution in [-0.2, 0) is 9.53 Å². The Morgan fingerprint density at radius 3 is 2.58 bits per heavy atom. The molecule has 6 heteroatoms. The summed E-state index contributed by atoms with van der Waals surface area (Å²) in [6.07, 6.45) is 0. The topological polar surface area (TPSA) is 35.5 Å². The highest BCUT2D eigenvalue weighted by atomic mass is 35.5. The van der Waals surface area contributed by atoms with Crippen molar-refractivity contribution in [3.8, 4) is 5.75 Å². The second-order valence-electron chi connectivity index (χ2n) is 3.90. The number of carbonyl (C=O) groups excluding carboxylic acids is 1. The second-order valence-corrected chi connectivity index (χ2v) is 5.86. The van der Waals surface area contributed by atoms with Crippen LogP contribution in [-0.4, -0.2) is 31.2 Å². The minimum absolute atomic E-state index is 0.112. The Morgan fingerprint density at radius 2 is 2.00 bits per heavy atom. The fourth-order valence-corrected chi connectivity index (χ4v) is 2.72. The van der Waals surface area contributed by atoms with E-state index in [-0.39, 0.29) is 11.9 Å². The average molecular weight is 323 g/mol. The number of benzene rings is 1. The Balaban J connectivity index is 2.26. The first kappa shape index (κ1) is 16.5. The van der Waals surface area contributed by atoms with Crippen molar-refractivity contribution >= 4 is 40.9 Å². The van der Waals surface area contributed by atoms with Crippen LogP contribution >= 0.6 is 35.0 Å². The monoisotopic (exact) mass is 322 g/mol. The van der Waals surface area contributed by atoms with Gasteiger partial charge < -0.3 is 9.47 Å². The molecule has 0 N–H and O–H groups in total. The van der Waals surface area contributed by atoms with E-state index in [4.69, 9.17) is 27.9 Å². The fraction of sp³-hybridized carbons (Fsp3) is 0.462. The van der Waals surface area contributed by atoms with Gasteiger partial charge in [0.1, 0.15) is 0 Å². The van der Waals surface area contributed by atoms with Gasteiger partial charge >= 0.3 is 5.97 Å². The molecule has 0 saturated carbocycles. The Morgan fingerprint density at radius 1 is 1.37 bits per heavy atom. The van der Waals surface area contributed by atoms with Crippen LogP contribution in [0.5, 0.6) is 5.75 Å². The number of esters is 1. The number of rotatable bonds is 7. The molecule has 0 heterocycles. The number of halogens is 2. The Hall–Kier alpha value is -0.580. The number of hydrogen-bond acceptors (Lipinski definition) is 4. The summed E-state index contributed by atoms with van der Waals surface area (Å²) in [7, 11) is 1.39. The molecule has 0 fully saturated rings. The molecule has 0 radical (unpaired) electrons. The van der Waals surface area contributed by atoms with Crippen molar-refractivity contribution < 1.29 is 14.3 Å². The molecule has 106 valence electrons. The molecule has 0 saturated heterocycles. The third kappa shape index (κ3) is 5.51. The third-order valence-electron chi connectivity index (χ3n) is 2.36. The van der Waals surface area contributed by atoms with Gasteiger partial charge in [-0.25, -0.2) is 0 Å². The van der Waals surface area contributed by atoms with E-state index in [1.165, 1.54) is 7.11 Å². The molecular formula is C13H16Cl2O3S. The highest BCUT2D eigenvalue weighted by molar-refractivity contribution is 7.99. The van der Waals surface area contributed by atoms with Gasteiger partial charge in [-0.2, -0.15) is 11.8 Å². The Labute approximate surface area is 127 Å². The van der Waals surface area contributed by atoms with Gasteiger partial charge in [-0.15, -0.1) is 0 Å². The summed E-state index contributed by atoms with van der Waals surface area (Å²) in [6, 6.07) is 5.23. The Kier molecular flexibility index (Phi) is 7.42. The summed E-state index contributed by atoms with van der Waals surface area (Å²) < 4.78 is 10.2. The highest BCUT2D eigenvalue weighted by Gasteiger charge is 2.12. The van der Waals surface area contributed by atoms with Crippen LogP contribution in [0.1, 0.15) is 6.92 Å². The lowest BCUT2D eigenvalue weighted by molar-refractivity contribution is -0.143. The van der Waals surface area contributed by atoms with E-state index in [0.29, 0.717) is 28.2 Å². The summed E-state index contributed by atoms with van der Waals surface area (Å²) >= 11 is 13.6. The molecule has 1 atom stereocenters. The van der Waals surface area contributed by atoms with Crippen molar-refractivity contribution in [3.63, 3.8) is 0 Å². The number of para-hydroxylation sites is 1. The SMILES string of the molecule is COC(=O)C(C)CSCCOc1c(Cl)cccc1Cl. The van der Waals surface area contributed by atoms with Crippen LogP contribution in [0.3, 0.4) is 0 Å². The molecule has 3 nitrogen and oxygen atoms in total. The zero-order valence-corrected chi connectivity index (χ0v) is 13.1. The Bertz CT molecular complexity index is 406. The van der Waals surface area contributed by atoms with Crippen molar-refractivity contribution in [2.75, 3.05) is 25.2 Å². The van der Waals surface area contributed by atoms with E-state index in [1.807, 2.05) is 6.92 Å². The first-order valence-corrected chi connectivity index (χ1v) is 7.69. The standard InChI is InChI=1S/C13H16Cl2O3S/c1-9(13(16)17-2)8-19-7-6-18-12-10(14)4-3-5-11(12)15/h3-5,9H,6-8H2,1-2H3. The van der Waals surface area contributed by atoms with Crippen LogP contribution in [0.15, 0.2) is 18.2 Å². The van der Waals surface area contributed by atoms with Crippen molar-refractivity contribution in [1.82, 2.24) is 0 Å². The van der Waals surface area contributed by atoms with Crippen LogP contribution in [0.4, 0.5) is 0 Å². The summed E-state index contributed by atoms with van der Waals surface area (Å²) in [4.78, 5) is 11.2. The molecule has 0 aliphatic carbocycles. The van der Waals surface area contributed by atoms with Gasteiger partial charge in [0.2, 0.25) is 0 Å². The van der Waals surface area contributed by atoms with E-state index in [1.54, 1.807) is 30.0 Å². The average Bonchev–Trinajstić information content (AvgIpc) is 2.40. The van der Waals surface area contributed by atoms with Gasteiger partial charge in [-0.1, -0.05) is 36.2 Å². The molecule has 0 aliphatic heterocycles. The number of thioether (sulfide) groups is 1. The minimum atomic E-state index is -0.192. The summed E-state index contributed by atoms with van der Waals surface area (Å²) in [5.74, 6) is 1.66. The first-order valence-electron chi connectivity index (χ1n) is 5.78.